The van der Waals surface area contributed by atoms with E-state index in [1.807, 2.05) is 20.2 Å². The molecule has 0 N–H and O–H groups in total. The smallest absolute Gasteiger partial charge is 0.317 e. The maximum absolute atomic E-state index is 14.2. The highest BCUT2D eigenvalue weighted by Gasteiger charge is 2.56. The van der Waals surface area contributed by atoms with Crippen molar-refractivity contribution >= 4 is 21.9 Å². The summed E-state index contributed by atoms with van der Waals surface area (Å²) in [6, 6.07) is 6.59. The number of benzene rings is 1. The standard InChI is InChI=1S/C25H31F4N5O3S/c1-31(2)24(18-5-4-6-19(26)13-18)11-9-23(10-12-24)16-32(22(35)33(23)15-17-7-8-17)21-14-20(25(27,28)29)30-34(21)38(3,36)37/h4-6,13-14,17H,7-12,15-16H2,1-3H3. The van der Waals surface area contributed by atoms with Crippen molar-refractivity contribution in [3.63, 3.8) is 0 Å². The van der Waals surface area contributed by atoms with Crippen molar-refractivity contribution in [2.24, 2.45) is 5.92 Å². The Labute approximate surface area is 219 Å². The van der Waals surface area contributed by atoms with Crippen LogP contribution in [0.15, 0.2) is 30.3 Å². The van der Waals surface area contributed by atoms with Gasteiger partial charge in [-0.1, -0.05) is 12.1 Å². The summed E-state index contributed by atoms with van der Waals surface area (Å²) in [4.78, 5) is 18.7. The third kappa shape index (κ3) is 4.57. The molecule has 1 aromatic heterocycles. The Morgan fingerprint density at radius 3 is 2.29 bits per heavy atom. The van der Waals surface area contributed by atoms with Gasteiger partial charge in [0, 0.05) is 18.2 Å². The molecule has 0 atom stereocenters. The first-order valence-corrected chi connectivity index (χ1v) is 14.4. The van der Waals surface area contributed by atoms with Gasteiger partial charge in [0.15, 0.2) is 11.5 Å². The van der Waals surface area contributed by atoms with Crippen LogP contribution in [0.25, 0.3) is 0 Å². The minimum Gasteiger partial charge on any atom is -0.317 e. The normalized spacial score (nSPS) is 26.7. The fourth-order valence-corrected chi connectivity index (χ4v) is 6.78. The van der Waals surface area contributed by atoms with Gasteiger partial charge in [0.1, 0.15) is 5.82 Å². The van der Waals surface area contributed by atoms with Crippen molar-refractivity contribution in [3.8, 4) is 0 Å². The van der Waals surface area contributed by atoms with Crippen LogP contribution >= 0.6 is 0 Å². The van der Waals surface area contributed by atoms with Crippen molar-refractivity contribution < 1.29 is 30.8 Å². The lowest BCUT2D eigenvalue weighted by Gasteiger charge is -2.51. The van der Waals surface area contributed by atoms with Crippen LogP contribution in [0.1, 0.15) is 49.8 Å². The molecule has 1 aromatic carbocycles. The second-order valence-electron chi connectivity index (χ2n) is 11.1. The number of amides is 2. The summed E-state index contributed by atoms with van der Waals surface area (Å²) >= 11 is 0. The van der Waals surface area contributed by atoms with Crippen LogP contribution in [-0.4, -0.2) is 72.4 Å². The first-order chi connectivity index (χ1) is 17.7. The third-order valence-electron chi connectivity index (χ3n) is 8.39. The Kier molecular flexibility index (Phi) is 6.33. The number of halogens is 4. The van der Waals surface area contributed by atoms with Crippen molar-refractivity contribution in [2.75, 3.05) is 38.3 Å². The average Bonchev–Trinajstić information content (AvgIpc) is 3.46. The van der Waals surface area contributed by atoms with Crippen molar-refractivity contribution in [3.05, 3.63) is 47.4 Å². The van der Waals surface area contributed by atoms with E-state index in [1.54, 1.807) is 11.0 Å². The quantitative estimate of drug-likeness (QED) is 0.496. The zero-order chi connectivity index (χ0) is 27.7. The lowest BCUT2D eigenvalue weighted by molar-refractivity contribution is -0.141. The number of carbonyl (C=O) groups is 1. The molecule has 2 amide bonds. The second-order valence-corrected chi connectivity index (χ2v) is 12.9. The first kappa shape index (κ1) is 26.9. The summed E-state index contributed by atoms with van der Waals surface area (Å²) in [5.41, 5.74) is -1.72. The van der Waals surface area contributed by atoms with Gasteiger partial charge in [-0.3, -0.25) is 9.80 Å². The number of aromatic nitrogens is 2. The SMILES string of the molecule is CN(C)C1(c2cccc(F)c2)CCC2(CC1)CN(c1cc(C(F)(F)F)nn1S(C)(=O)=O)C(=O)N2CC1CC1. The maximum atomic E-state index is 14.2. The lowest BCUT2D eigenvalue weighted by Crippen LogP contribution is -2.55. The number of anilines is 1. The summed E-state index contributed by atoms with van der Waals surface area (Å²) in [6.07, 6.45) is 0.0306. The molecule has 38 heavy (non-hydrogen) atoms. The number of urea groups is 1. The van der Waals surface area contributed by atoms with Crippen LogP contribution in [0.3, 0.4) is 0 Å². The average molecular weight is 558 g/mol. The maximum Gasteiger partial charge on any atom is 0.435 e. The molecule has 2 aromatic rings. The Balaban J connectivity index is 1.52. The molecule has 0 radical (unpaired) electrons. The van der Waals surface area contributed by atoms with E-state index in [1.165, 1.54) is 12.1 Å². The molecule has 5 rings (SSSR count). The van der Waals surface area contributed by atoms with Crippen molar-refractivity contribution in [1.82, 2.24) is 19.0 Å². The fourth-order valence-electron chi connectivity index (χ4n) is 6.05. The van der Waals surface area contributed by atoms with Crippen LogP contribution in [0.5, 0.6) is 0 Å². The molecule has 0 unspecified atom stereocenters. The van der Waals surface area contributed by atoms with Gasteiger partial charge in [-0.25, -0.2) is 17.6 Å². The number of rotatable bonds is 6. The van der Waals surface area contributed by atoms with Gasteiger partial charge in [-0.05, 0) is 76.2 Å². The zero-order valence-corrected chi connectivity index (χ0v) is 22.3. The molecule has 1 spiro atoms. The van der Waals surface area contributed by atoms with Gasteiger partial charge in [0.05, 0.1) is 18.3 Å². The predicted molar refractivity (Wildman–Crippen MR) is 133 cm³/mol. The van der Waals surface area contributed by atoms with E-state index in [2.05, 4.69) is 10.00 Å². The molecule has 3 aliphatic rings. The molecular formula is C25H31F4N5O3S. The minimum absolute atomic E-state index is 0.0454. The fraction of sp³-hybridized carbons (Fsp3) is 0.600. The van der Waals surface area contributed by atoms with E-state index in [0.29, 0.717) is 48.3 Å². The third-order valence-corrected chi connectivity index (χ3v) is 9.29. The predicted octanol–water partition coefficient (Wildman–Crippen LogP) is 4.27. The molecular weight excluding hydrogens is 526 g/mol. The van der Waals surface area contributed by atoms with Crippen LogP contribution in [0.2, 0.25) is 0 Å². The molecule has 1 saturated heterocycles. The van der Waals surface area contributed by atoms with Gasteiger partial charge in [-0.15, -0.1) is 4.09 Å². The van der Waals surface area contributed by atoms with E-state index in [4.69, 9.17) is 0 Å². The molecule has 8 nitrogen and oxygen atoms in total. The van der Waals surface area contributed by atoms with Crippen molar-refractivity contribution in [2.45, 2.75) is 55.8 Å². The second kappa shape index (κ2) is 8.94. The van der Waals surface area contributed by atoms with Crippen LogP contribution in [-0.2, 0) is 21.7 Å². The highest BCUT2D eigenvalue weighted by molar-refractivity contribution is 7.89. The van der Waals surface area contributed by atoms with E-state index in [0.717, 1.165) is 29.6 Å². The van der Waals surface area contributed by atoms with Gasteiger partial charge < -0.3 is 4.90 Å². The Morgan fingerprint density at radius 2 is 1.76 bits per heavy atom. The molecule has 208 valence electrons. The Hall–Kier alpha value is -2.67. The number of hydrogen-bond acceptors (Lipinski definition) is 5. The van der Waals surface area contributed by atoms with Crippen LogP contribution in [0, 0.1) is 11.7 Å². The zero-order valence-electron chi connectivity index (χ0n) is 21.5. The molecule has 3 fully saturated rings. The Bertz CT molecular complexity index is 1340. The molecule has 1 aliphatic heterocycles. The van der Waals surface area contributed by atoms with Crippen LogP contribution < -0.4 is 4.90 Å². The highest BCUT2D eigenvalue weighted by Crippen LogP contribution is 2.51. The van der Waals surface area contributed by atoms with Gasteiger partial charge in [0.2, 0.25) is 0 Å². The number of nitrogens with zero attached hydrogens (tertiary/aromatic N) is 5. The largest absolute Gasteiger partial charge is 0.435 e. The molecule has 13 heteroatoms. The molecule has 0 bridgehead atoms. The van der Waals surface area contributed by atoms with Gasteiger partial charge >= 0.3 is 12.2 Å². The van der Waals surface area contributed by atoms with E-state index < -0.39 is 44.8 Å². The molecule has 2 heterocycles. The summed E-state index contributed by atoms with van der Waals surface area (Å²) in [6.45, 7) is 0.507. The lowest BCUT2D eigenvalue weighted by atomic mass is 9.68. The highest BCUT2D eigenvalue weighted by atomic mass is 32.2. The van der Waals surface area contributed by atoms with Crippen LogP contribution in [0.4, 0.5) is 28.2 Å². The molecule has 2 saturated carbocycles. The first-order valence-electron chi connectivity index (χ1n) is 12.6. The Morgan fingerprint density at radius 1 is 1.11 bits per heavy atom. The summed E-state index contributed by atoms with van der Waals surface area (Å²) in [5, 5.41) is 3.31. The number of hydrogen-bond donors (Lipinski definition) is 0. The van der Waals surface area contributed by atoms with E-state index in [9.17, 15) is 30.8 Å². The summed E-state index contributed by atoms with van der Waals surface area (Å²) in [7, 11) is -0.362. The minimum atomic E-state index is -4.88. The van der Waals surface area contributed by atoms with Crippen molar-refractivity contribution in [1.29, 1.82) is 0 Å². The summed E-state index contributed by atoms with van der Waals surface area (Å²) < 4.78 is 79.7. The van der Waals surface area contributed by atoms with Gasteiger partial charge in [0.25, 0.3) is 10.0 Å². The van der Waals surface area contributed by atoms with E-state index >= 15 is 0 Å². The monoisotopic (exact) mass is 557 g/mol. The molecule has 2 aliphatic carbocycles. The number of carbonyl (C=O) groups excluding carboxylic acids is 1. The summed E-state index contributed by atoms with van der Waals surface area (Å²) in [5.74, 6) is -0.432. The topological polar surface area (TPSA) is 78.8 Å². The number of alkyl halides is 3. The van der Waals surface area contributed by atoms with E-state index in [-0.39, 0.29) is 12.4 Å². The van der Waals surface area contributed by atoms with Gasteiger partial charge in [-0.2, -0.15) is 18.3 Å².